The lowest BCUT2D eigenvalue weighted by molar-refractivity contribution is 0.0953. The number of carbonyl (C=O) groups is 1. The summed E-state index contributed by atoms with van der Waals surface area (Å²) in [6.45, 7) is 3.51. The molecule has 0 unspecified atom stereocenters. The summed E-state index contributed by atoms with van der Waals surface area (Å²) in [6.07, 6.45) is 1.49. The Labute approximate surface area is 126 Å². The molecule has 1 N–H and O–H groups in total. The molecular formula is C14H12Cl2N2O2. The summed E-state index contributed by atoms with van der Waals surface area (Å²) in [6, 6.07) is 6.74. The third kappa shape index (κ3) is 3.40. The molecule has 0 fully saturated rings. The van der Waals surface area contributed by atoms with E-state index in [0.29, 0.717) is 27.1 Å². The Bertz CT molecular complexity index is 678. The maximum absolute atomic E-state index is 11.9. The summed E-state index contributed by atoms with van der Waals surface area (Å²) in [4.78, 5) is 11.9. The van der Waals surface area contributed by atoms with E-state index in [1.807, 2.05) is 0 Å². The van der Waals surface area contributed by atoms with Crippen LogP contribution in [0, 0.1) is 13.8 Å². The largest absolute Gasteiger partial charge is 0.466 e. The van der Waals surface area contributed by atoms with Crippen LogP contribution in [-0.2, 0) is 0 Å². The van der Waals surface area contributed by atoms with Crippen LogP contribution >= 0.6 is 23.2 Å². The van der Waals surface area contributed by atoms with E-state index in [1.165, 1.54) is 6.21 Å². The molecular weight excluding hydrogens is 299 g/mol. The van der Waals surface area contributed by atoms with Crippen molar-refractivity contribution in [3.8, 4) is 0 Å². The van der Waals surface area contributed by atoms with Crippen molar-refractivity contribution in [1.29, 1.82) is 0 Å². The van der Waals surface area contributed by atoms with Crippen LogP contribution in [0.15, 0.2) is 33.8 Å². The fourth-order valence-corrected chi connectivity index (χ4v) is 1.98. The van der Waals surface area contributed by atoms with Gasteiger partial charge in [0, 0.05) is 0 Å². The Kier molecular flexibility index (Phi) is 4.47. The molecule has 104 valence electrons. The Morgan fingerprint density at radius 2 is 2.00 bits per heavy atom. The first-order valence-electron chi connectivity index (χ1n) is 5.83. The molecule has 2 aromatic rings. The second-order valence-electron chi connectivity index (χ2n) is 4.20. The molecule has 0 bridgehead atoms. The van der Waals surface area contributed by atoms with Crippen molar-refractivity contribution < 1.29 is 9.21 Å². The number of nitrogens with zero attached hydrogens (tertiary/aromatic N) is 1. The first-order chi connectivity index (χ1) is 9.47. The molecule has 0 aliphatic rings. The zero-order chi connectivity index (χ0) is 14.7. The normalized spacial score (nSPS) is 11.0. The third-order valence-electron chi connectivity index (χ3n) is 2.61. The molecule has 0 atom stereocenters. The van der Waals surface area contributed by atoms with Crippen molar-refractivity contribution in [1.82, 2.24) is 5.43 Å². The van der Waals surface area contributed by atoms with Gasteiger partial charge < -0.3 is 4.42 Å². The molecule has 0 spiro atoms. The predicted molar refractivity (Wildman–Crippen MR) is 79.7 cm³/mol. The third-order valence-corrected chi connectivity index (χ3v) is 3.35. The van der Waals surface area contributed by atoms with Crippen LogP contribution in [0.2, 0.25) is 10.0 Å². The number of nitrogens with one attached hydrogen (secondary N) is 1. The van der Waals surface area contributed by atoms with Gasteiger partial charge in [0.15, 0.2) is 0 Å². The maximum Gasteiger partial charge on any atom is 0.274 e. The van der Waals surface area contributed by atoms with Crippen molar-refractivity contribution in [2.75, 3.05) is 0 Å². The van der Waals surface area contributed by atoms with E-state index in [-0.39, 0.29) is 5.91 Å². The summed E-state index contributed by atoms with van der Waals surface area (Å²) in [5, 5.41) is 4.77. The zero-order valence-electron chi connectivity index (χ0n) is 10.9. The minimum atomic E-state index is -0.323. The summed E-state index contributed by atoms with van der Waals surface area (Å²) in [7, 11) is 0. The molecule has 0 aliphatic carbocycles. The summed E-state index contributed by atoms with van der Waals surface area (Å²) in [5.74, 6) is 0.918. The number of hydrogen-bond donors (Lipinski definition) is 1. The molecule has 0 aliphatic heterocycles. The smallest absolute Gasteiger partial charge is 0.274 e. The molecule has 0 saturated heterocycles. The lowest BCUT2D eigenvalue weighted by Gasteiger charge is -1.99. The number of halogens is 2. The molecule has 2 rings (SSSR count). The van der Waals surface area contributed by atoms with Gasteiger partial charge in [0.2, 0.25) is 0 Å². The van der Waals surface area contributed by atoms with E-state index in [2.05, 4.69) is 10.5 Å². The summed E-state index contributed by atoms with van der Waals surface area (Å²) in [5.41, 5.74) is 3.63. The Balaban J connectivity index is 2.04. The molecule has 1 heterocycles. The number of furan rings is 1. The Morgan fingerprint density at radius 3 is 2.60 bits per heavy atom. The fourth-order valence-electron chi connectivity index (χ4n) is 1.67. The number of hydrazone groups is 1. The average Bonchev–Trinajstić information content (AvgIpc) is 2.73. The van der Waals surface area contributed by atoms with Crippen LogP contribution in [0.25, 0.3) is 0 Å². The summed E-state index contributed by atoms with van der Waals surface area (Å²) < 4.78 is 5.28. The second kappa shape index (κ2) is 6.11. The lowest BCUT2D eigenvalue weighted by atomic mass is 10.2. The van der Waals surface area contributed by atoms with Gasteiger partial charge in [0.25, 0.3) is 5.91 Å². The molecule has 1 aromatic carbocycles. The van der Waals surface area contributed by atoms with Crippen LogP contribution in [0.1, 0.15) is 27.4 Å². The van der Waals surface area contributed by atoms with E-state index in [0.717, 1.165) is 5.56 Å². The monoisotopic (exact) mass is 310 g/mol. The van der Waals surface area contributed by atoms with Crippen molar-refractivity contribution in [2.24, 2.45) is 5.10 Å². The summed E-state index contributed by atoms with van der Waals surface area (Å²) >= 11 is 11.7. The number of benzene rings is 1. The minimum absolute atomic E-state index is 0.323. The maximum atomic E-state index is 11.9. The van der Waals surface area contributed by atoms with Crippen LogP contribution in [0.5, 0.6) is 0 Å². The highest BCUT2D eigenvalue weighted by molar-refractivity contribution is 6.42. The van der Waals surface area contributed by atoms with Crippen LogP contribution < -0.4 is 5.43 Å². The quantitative estimate of drug-likeness (QED) is 0.689. The number of rotatable bonds is 3. The van der Waals surface area contributed by atoms with Crippen LogP contribution in [0.4, 0.5) is 0 Å². The van der Waals surface area contributed by atoms with Crippen molar-refractivity contribution in [2.45, 2.75) is 13.8 Å². The van der Waals surface area contributed by atoms with Gasteiger partial charge in [-0.15, -0.1) is 0 Å². The van der Waals surface area contributed by atoms with Gasteiger partial charge >= 0.3 is 0 Å². The standard InChI is InChI=1S/C14H12Cl2N2O2/c1-8-5-11(9(2)20-8)14(19)18-17-7-10-3-4-12(15)13(16)6-10/h3-7H,1-2H3,(H,18,19). The highest BCUT2D eigenvalue weighted by atomic mass is 35.5. The molecule has 20 heavy (non-hydrogen) atoms. The van der Waals surface area contributed by atoms with Crippen molar-refractivity contribution in [3.63, 3.8) is 0 Å². The van der Waals surface area contributed by atoms with Crippen LogP contribution in [-0.4, -0.2) is 12.1 Å². The fraction of sp³-hybridized carbons (Fsp3) is 0.143. The lowest BCUT2D eigenvalue weighted by Crippen LogP contribution is -2.17. The SMILES string of the molecule is Cc1cc(C(=O)NN=Cc2ccc(Cl)c(Cl)c2)c(C)o1. The minimum Gasteiger partial charge on any atom is -0.466 e. The van der Waals surface area contributed by atoms with Gasteiger partial charge in [-0.3, -0.25) is 4.79 Å². The van der Waals surface area contributed by atoms with Crippen molar-refractivity contribution >= 4 is 35.3 Å². The van der Waals surface area contributed by atoms with Gasteiger partial charge in [-0.1, -0.05) is 29.3 Å². The molecule has 0 radical (unpaired) electrons. The Morgan fingerprint density at radius 1 is 1.25 bits per heavy atom. The average molecular weight is 311 g/mol. The number of hydrogen-bond acceptors (Lipinski definition) is 3. The molecule has 4 nitrogen and oxygen atoms in total. The first-order valence-corrected chi connectivity index (χ1v) is 6.58. The number of carbonyl (C=O) groups excluding carboxylic acids is 1. The number of aryl methyl sites for hydroxylation is 2. The van der Waals surface area contributed by atoms with E-state index in [4.69, 9.17) is 27.6 Å². The molecule has 0 saturated carbocycles. The van der Waals surface area contributed by atoms with E-state index in [9.17, 15) is 4.79 Å². The molecule has 6 heteroatoms. The van der Waals surface area contributed by atoms with Gasteiger partial charge in [-0.25, -0.2) is 5.43 Å². The van der Waals surface area contributed by atoms with Gasteiger partial charge in [0.05, 0.1) is 21.8 Å². The second-order valence-corrected chi connectivity index (χ2v) is 5.01. The number of amides is 1. The van der Waals surface area contributed by atoms with E-state index in [1.54, 1.807) is 38.1 Å². The zero-order valence-corrected chi connectivity index (χ0v) is 12.4. The highest BCUT2D eigenvalue weighted by Crippen LogP contribution is 2.21. The molecule has 1 amide bonds. The van der Waals surface area contributed by atoms with Crippen molar-refractivity contribution in [3.05, 3.63) is 57.0 Å². The van der Waals surface area contributed by atoms with Gasteiger partial charge in [-0.2, -0.15) is 5.10 Å². The Hall–Kier alpha value is -1.78. The van der Waals surface area contributed by atoms with Crippen LogP contribution in [0.3, 0.4) is 0 Å². The van der Waals surface area contributed by atoms with Gasteiger partial charge in [-0.05, 0) is 37.6 Å². The predicted octanol–water partition coefficient (Wildman–Crippen LogP) is 3.97. The van der Waals surface area contributed by atoms with E-state index < -0.39 is 0 Å². The topological polar surface area (TPSA) is 54.6 Å². The first kappa shape index (κ1) is 14.6. The van der Waals surface area contributed by atoms with Gasteiger partial charge in [0.1, 0.15) is 11.5 Å². The highest BCUT2D eigenvalue weighted by Gasteiger charge is 2.12. The van der Waals surface area contributed by atoms with E-state index >= 15 is 0 Å². The molecule has 1 aromatic heterocycles.